The molecule has 4 rings (SSSR count). The predicted molar refractivity (Wildman–Crippen MR) is 106 cm³/mol. The molecule has 2 aromatic carbocycles. The van der Waals surface area contributed by atoms with Gasteiger partial charge in [-0.05, 0) is 36.5 Å². The summed E-state index contributed by atoms with van der Waals surface area (Å²) < 4.78 is 0. The highest BCUT2D eigenvalue weighted by molar-refractivity contribution is 6.01. The summed E-state index contributed by atoms with van der Waals surface area (Å²) in [7, 11) is 0. The van der Waals surface area contributed by atoms with Gasteiger partial charge in [0.25, 0.3) is 0 Å². The molecule has 0 bridgehead atoms. The third-order valence-corrected chi connectivity index (χ3v) is 5.97. The number of nitrogens with zero attached hydrogens (tertiary/aromatic N) is 1. The van der Waals surface area contributed by atoms with Crippen LogP contribution in [0.4, 0.5) is 0 Å². The second kappa shape index (κ2) is 7.65. The monoisotopic (exact) mass is 362 g/mol. The van der Waals surface area contributed by atoms with Crippen molar-refractivity contribution < 1.29 is 9.59 Å². The fourth-order valence-corrected chi connectivity index (χ4v) is 4.29. The highest BCUT2D eigenvalue weighted by atomic mass is 16.2. The lowest BCUT2D eigenvalue weighted by Gasteiger charge is -2.34. The molecule has 0 saturated heterocycles. The average Bonchev–Trinajstić information content (AvgIpc) is 2.72. The summed E-state index contributed by atoms with van der Waals surface area (Å²) in [6.07, 6.45) is 2.12. The van der Waals surface area contributed by atoms with Gasteiger partial charge in [0.2, 0.25) is 5.91 Å². The number of nitrogens with one attached hydrogen (secondary N) is 1. The van der Waals surface area contributed by atoms with E-state index < -0.39 is 0 Å². The van der Waals surface area contributed by atoms with E-state index in [1.165, 1.54) is 11.1 Å². The number of fused-ring (bicyclic) bond motifs is 2. The van der Waals surface area contributed by atoms with Crippen LogP contribution < -0.4 is 5.32 Å². The first kappa shape index (κ1) is 17.9. The van der Waals surface area contributed by atoms with Gasteiger partial charge in [0, 0.05) is 37.7 Å². The Morgan fingerprint density at radius 3 is 2.70 bits per heavy atom. The molecule has 0 spiro atoms. The van der Waals surface area contributed by atoms with Gasteiger partial charge in [0.05, 0.1) is 5.92 Å². The minimum absolute atomic E-state index is 0.0409. The molecule has 0 fully saturated rings. The minimum Gasteiger partial charge on any atom is -0.354 e. The standard InChI is InChI=1S/C23H26N2O2/c1-16(25-13-12-17-6-2-3-7-18(17)15-25)14-24-23(27)21-10-11-22(26)20-9-5-4-8-19(20)21/h2-9,16,21H,10-15H2,1H3,(H,24,27). The van der Waals surface area contributed by atoms with E-state index in [9.17, 15) is 9.59 Å². The van der Waals surface area contributed by atoms with Gasteiger partial charge in [-0.3, -0.25) is 14.5 Å². The zero-order valence-electron chi connectivity index (χ0n) is 15.8. The quantitative estimate of drug-likeness (QED) is 0.908. The molecule has 4 nitrogen and oxygen atoms in total. The lowest BCUT2D eigenvalue weighted by atomic mass is 9.81. The van der Waals surface area contributed by atoms with E-state index >= 15 is 0 Å². The first-order valence-electron chi connectivity index (χ1n) is 9.84. The van der Waals surface area contributed by atoms with Crippen molar-refractivity contribution in [2.45, 2.75) is 44.7 Å². The maximum absolute atomic E-state index is 12.8. The third kappa shape index (κ3) is 3.67. The first-order valence-corrected chi connectivity index (χ1v) is 9.84. The van der Waals surface area contributed by atoms with Crippen molar-refractivity contribution >= 4 is 11.7 Å². The van der Waals surface area contributed by atoms with Crippen LogP contribution in [0.3, 0.4) is 0 Å². The van der Waals surface area contributed by atoms with Crippen LogP contribution in [0.1, 0.15) is 52.7 Å². The normalized spacial score (nSPS) is 20.5. The Morgan fingerprint density at radius 1 is 1.11 bits per heavy atom. The number of rotatable bonds is 4. The number of ketones is 1. The van der Waals surface area contributed by atoms with E-state index in [-0.39, 0.29) is 23.7 Å². The molecular formula is C23H26N2O2. The number of Topliss-reactive ketones (excluding diaryl/α,β-unsaturated/α-hetero) is 1. The zero-order chi connectivity index (χ0) is 18.8. The van der Waals surface area contributed by atoms with E-state index in [2.05, 4.69) is 41.4 Å². The Bertz CT molecular complexity index is 861. The van der Waals surface area contributed by atoms with Gasteiger partial charge < -0.3 is 5.32 Å². The number of carbonyl (C=O) groups excluding carboxylic acids is 2. The molecule has 0 saturated carbocycles. The highest BCUT2D eigenvalue weighted by Crippen LogP contribution is 2.31. The molecule has 1 amide bonds. The van der Waals surface area contributed by atoms with Crippen LogP contribution in [0.15, 0.2) is 48.5 Å². The van der Waals surface area contributed by atoms with E-state index in [0.29, 0.717) is 24.9 Å². The fraction of sp³-hybridized carbons (Fsp3) is 0.391. The van der Waals surface area contributed by atoms with E-state index in [0.717, 1.165) is 25.1 Å². The molecule has 4 heteroatoms. The molecule has 1 aliphatic carbocycles. The van der Waals surface area contributed by atoms with Gasteiger partial charge in [-0.2, -0.15) is 0 Å². The molecule has 2 aliphatic rings. The summed E-state index contributed by atoms with van der Waals surface area (Å²) in [4.78, 5) is 27.3. The van der Waals surface area contributed by atoms with Gasteiger partial charge in [-0.25, -0.2) is 0 Å². The molecule has 0 aromatic heterocycles. The van der Waals surface area contributed by atoms with Crippen molar-refractivity contribution in [3.05, 3.63) is 70.8 Å². The van der Waals surface area contributed by atoms with Gasteiger partial charge in [-0.15, -0.1) is 0 Å². The molecule has 1 aliphatic heterocycles. The van der Waals surface area contributed by atoms with Crippen LogP contribution in [0, 0.1) is 0 Å². The number of hydrogen-bond donors (Lipinski definition) is 1. The van der Waals surface area contributed by atoms with Crippen molar-refractivity contribution in [1.82, 2.24) is 10.2 Å². The minimum atomic E-state index is -0.215. The summed E-state index contributed by atoms with van der Waals surface area (Å²) in [6.45, 7) is 4.77. The van der Waals surface area contributed by atoms with Crippen molar-refractivity contribution in [3.63, 3.8) is 0 Å². The first-order chi connectivity index (χ1) is 13.1. The highest BCUT2D eigenvalue weighted by Gasteiger charge is 2.30. The van der Waals surface area contributed by atoms with Crippen molar-refractivity contribution in [2.24, 2.45) is 0 Å². The molecule has 2 unspecified atom stereocenters. The van der Waals surface area contributed by atoms with Gasteiger partial charge >= 0.3 is 0 Å². The lowest BCUT2D eigenvalue weighted by Crippen LogP contribution is -2.45. The topological polar surface area (TPSA) is 49.4 Å². The maximum atomic E-state index is 12.8. The molecule has 27 heavy (non-hydrogen) atoms. The maximum Gasteiger partial charge on any atom is 0.227 e. The van der Waals surface area contributed by atoms with Crippen LogP contribution in [-0.2, 0) is 17.8 Å². The molecule has 0 radical (unpaired) electrons. The second-order valence-electron chi connectivity index (χ2n) is 7.69. The summed E-state index contributed by atoms with van der Waals surface area (Å²) in [5, 5.41) is 3.14. The Labute approximate surface area is 160 Å². The molecule has 2 aromatic rings. The number of hydrogen-bond acceptors (Lipinski definition) is 3. The Hall–Kier alpha value is -2.46. The summed E-state index contributed by atoms with van der Waals surface area (Å²) >= 11 is 0. The Kier molecular flexibility index (Phi) is 5.08. The Balaban J connectivity index is 1.37. The van der Waals surface area contributed by atoms with Crippen LogP contribution in [0.5, 0.6) is 0 Å². The lowest BCUT2D eigenvalue weighted by molar-refractivity contribution is -0.123. The van der Waals surface area contributed by atoms with Gasteiger partial charge in [0.15, 0.2) is 5.78 Å². The number of carbonyl (C=O) groups is 2. The van der Waals surface area contributed by atoms with Gasteiger partial charge in [-0.1, -0.05) is 48.5 Å². The summed E-state index contributed by atoms with van der Waals surface area (Å²) in [5.74, 6) is -0.0256. The number of benzene rings is 2. The molecular weight excluding hydrogens is 336 g/mol. The summed E-state index contributed by atoms with van der Waals surface area (Å²) in [5.41, 5.74) is 4.42. The van der Waals surface area contributed by atoms with E-state index in [1.54, 1.807) is 0 Å². The number of amides is 1. The molecule has 1 N–H and O–H groups in total. The summed E-state index contributed by atoms with van der Waals surface area (Å²) in [6, 6.07) is 16.4. The molecule has 2 atom stereocenters. The van der Waals surface area contributed by atoms with E-state index in [1.807, 2.05) is 24.3 Å². The van der Waals surface area contributed by atoms with Crippen LogP contribution >= 0.6 is 0 Å². The average molecular weight is 362 g/mol. The SMILES string of the molecule is CC(CNC(=O)C1CCC(=O)c2ccccc21)N1CCc2ccccc2C1. The second-order valence-corrected chi connectivity index (χ2v) is 7.69. The van der Waals surface area contributed by atoms with Crippen LogP contribution in [-0.4, -0.2) is 35.7 Å². The smallest absolute Gasteiger partial charge is 0.227 e. The van der Waals surface area contributed by atoms with Crippen LogP contribution in [0.25, 0.3) is 0 Å². The van der Waals surface area contributed by atoms with Crippen molar-refractivity contribution in [1.29, 1.82) is 0 Å². The fourth-order valence-electron chi connectivity index (χ4n) is 4.29. The zero-order valence-corrected chi connectivity index (χ0v) is 15.8. The molecule has 140 valence electrons. The van der Waals surface area contributed by atoms with Gasteiger partial charge in [0.1, 0.15) is 0 Å². The Morgan fingerprint density at radius 2 is 1.85 bits per heavy atom. The van der Waals surface area contributed by atoms with Crippen molar-refractivity contribution in [2.75, 3.05) is 13.1 Å². The van der Waals surface area contributed by atoms with Crippen LogP contribution in [0.2, 0.25) is 0 Å². The van der Waals surface area contributed by atoms with Crippen molar-refractivity contribution in [3.8, 4) is 0 Å². The van der Waals surface area contributed by atoms with E-state index in [4.69, 9.17) is 0 Å². The third-order valence-electron chi connectivity index (χ3n) is 5.97. The predicted octanol–water partition coefficient (Wildman–Crippen LogP) is 3.31. The molecule has 1 heterocycles. The largest absolute Gasteiger partial charge is 0.354 e.